The summed E-state index contributed by atoms with van der Waals surface area (Å²) >= 11 is 6.22. The van der Waals surface area contributed by atoms with E-state index < -0.39 is 0 Å². The molecular formula is C19H16ClNO2. The molecule has 3 aromatic rings. The second kappa shape index (κ2) is 6.71. The zero-order chi connectivity index (χ0) is 16.2. The van der Waals surface area contributed by atoms with Gasteiger partial charge in [0.1, 0.15) is 23.0 Å². The molecule has 4 heteroatoms. The Kier molecular flexibility index (Phi) is 4.49. The van der Waals surface area contributed by atoms with Crippen LogP contribution in [0.4, 0.5) is 0 Å². The van der Waals surface area contributed by atoms with E-state index in [-0.39, 0.29) is 0 Å². The van der Waals surface area contributed by atoms with E-state index in [9.17, 15) is 0 Å². The van der Waals surface area contributed by atoms with Crippen molar-refractivity contribution in [2.45, 2.75) is 13.8 Å². The van der Waals surface area contributed by atoms with Crippen molar-refractivity contribution in [1.82, 2.24) is 4.98 Å². The third-order valence-electron chi connectivity index (χ3n) is 3.42. The van der Waals surface area contributed by atoms with Crippen molar-refractivity contribution < 1.29 is 9.47 Å². The number of hydrogen-bond donors (Lipinski definition) is 0. The number of nitrogens with zero attached hydrogens (tertiary/aromatic N) is 1. The fraction of sp³-hybridized carbons (Fsp3) is 0.105. The third-order valence-corrected chi connectivity index (χ3v) is 3.74. The average molecular weight is 326 g/mol. The monoisotopic (exact) mass is 325 g/mol. The molecule has 0 spiro atoms. The Morgan fingerprint density at radius 3 is 2.35 bits per heavy atom. The SMILES string of the molecule is Cc1cc(Oc2cc(Oc3ccccc3)ccc2Cl)cnc1C. The van der Waals surface area contributed by atoms with Gasteiger partial charge < -0.3 is 9.47 Å². The maximum absolute atomic E-state index is 6.22. The molecule has 0 saturated carbocycles. The van der Waals surface area contributed by atoms with Crippen molar-refractivity contribution in [3.63, 3.8) is 0 Å². The predicted octanol–water partition coefficient (Wildman–Crippen LogP) is 5.94. The molecule has 3 nitrogen and oxygen atoms in total. The Balaban J connectivity index is 1.84. The first-order valence-corrected chi connectivity index (χ1v) is 7.63. The Bertz CT molecular complexity index is 819. The van der Waals surface area contributed by atoms with Crippen LogP contribution >= 0.6 is 11.6 Å². The van der Waals surface area contributed by atoms with E-state index in [4.69, 9.17) is 21.1 Å². The van der Waals surface area contributed by atoms with E-state index in [0.717, 1.165) is 17.0 Å². The first-order valence-electron chi connectivity index (χ1n) is 7.25. The molecule has 0 saturated heterocycles. The number of halogens is 1. The molecule has 0 radical (unpaired) electrons. The number of benzene rings is 2. The fourth-order valence-electron chi connectivity index (χ4n) is 2.05. The van der Waals surface area contributed by atoms with Crippen LogP contribution in [-0.4, -0.2) is 4.98 Å². The first kappa shape index (κ1) is 15.4. The topological polar surface area (TPSA) is 31.4 Å². The van der Waals surface area contributed by atoms with E-state index in [0.29, 0.717) is 22.3 Å². The van der Waals surface area contributed by atoms with Gasteiger partial charge in [-0.1, -0.05) is 29.8 Å². The van der Waals surface area contributed by atoms with Gasteiger partial charge in [-0.2, -0.15) is 0 Å². The van der Waals surface area contributed by atoms with Gasteiger partial charge in [-0.3, -0.25) is 4.98 Å². The standard InChI is InChI=1S/C19H16ClNO2/c1-13-10-17(12-21-14(13)2)23-19-11-16(8-9-18(19)20)22-15-6-4-3-5-7-15/h3-12H,1-2H3. The normalized spacial score (nSPS) is 10.4. The van der Waals surface area contributed by atoms with Gasteiger partial charge in [0.15, 0.2) is 0 Å². The minimum absolute atomic E-state index is 0.517. The van der Waals surface area contributed by atoms with Crippen molar-refractivity contribution in [3.05, 3.63) is 77.1 Å². The molecule has 23 heavy (non-hydrogen) atoms. The summed E-state index contributed by atoms with van der Waals surface area (Å²) in [6.07, 6.45) is 1.68. The van der Waals surface area contributed by atoms with Crippen LogP contribution in [0.1, 0.15) is 11.3 Å². The molecule has 0 aliphatic heterocycles. The van der Waals surface area contributed by atoms with E-state index in [2.05, 4.69) is 4.98 Å². The minimum Gasteiger partial charge on any atom is -0.457 e. The van der Waals surface area contributed by atoms with Crippen LogP contribution in [0, 0.1) is 13.8 Å². The molecule has 1 aromatic heterocycles. The molecule has 0 N–H and O–H groups in total. The van der Waals surface area contributed by atoms with E-state index in [1.165, 1.54) is 0 Å². The number of aryl methyl sites for hydroxylation is 2. The molecule has 0 aliphatic carbocycles. The Morgan fingerprint density at radius 1 is 0.826 bits per heavy atom. The number of rotatable bonds is 4. The molecule has 0 bridgehead atoms. The molecule has 0 fully saturated rings. The van der Waals surface area contributed by atoms with Crippen LogP contribution < -0.4 is 9.47 Å². The number of para-hydroxylation sites is 1. The van der Waals surface area contributed by atoms with Crippen LogP contribution in [0.25, 0.3) is 0 Å². The molecule has 116 valence electrons. The lowest BCUT2D eigenvalue weighted by Crippen LogP contribution is -1.91. The average Bonchev–Trinajstić information content (AvgIpc) is 2.55. The second-order valence-electron chi connectivity index (χ2n) is 5.18. The van der Waals surface area contributed by atoms with Gasteiger partial charge >= 0.3 is 0 Å². The first-order chi connectivity index (χ1) is 11.1. The summed E-state index contributed by atoms with van der Waals surface area (Å²) in [4.78, 5) is 4.30. The highest BCUT2D eigenvalue weighted by Crippen LogP contribution is 2.34. The van der Waals surface area contributed by atoms with Crippen LogP contribution in [0.2, 0.25) is 5.02 Å². The van der Waals surface area contributed by atoms with Crippen LogP contribution in [0.3, 0.4) is 0 Å². The molecular weight excluding hydrogens is 310 g/mol. The van der Waals surface area contributed by atoms with Gasteiger partial charge in [0.2, 0.25) is 0 Å². The van der Waals surface area contributed by atoms with E-state index in [1.54, 1.807) is 24.4 Å². The minimum atomic E-state index is 0.517. The van der Waals surface area contributed by atoms with Crippen molar-refractivity contribution in [2.75, 3.05) is 0 Å². The maximum Gasteiger partial charge on any atom is 0.149 e. The van der Waals surface area contributed by atoms with Crippen LogP contribution in [0.15, 0.2) is 60.8 Å². The van der Waals surface area contributed by atoms with Gasteiger partial charge in [-0.05, 0) is 49.7 Å². The maximum atomic E-state index is 6.22. The summed E-state index contributed by atoms with van der Waals surface area (Å²) in [7, 11) is 0. The van der Waals surface area contributed by atoms with Crippen molar-refractivity contribution in [3.8, 4) is 23.0 Å². The fourth-order valence-corrected chi connectivity index (χ4v) is 2.21. The van der Waals surface area contributed by atoms with Crippen molar-refractivity contribution >= 4 is 11.6 Å². The van der Waals surface area contributed by atoms with Crippen molar-refractivity contribution in [2.24, 2.45) is 0 Å². The lowest BCUT2D eigenvalue weighted by atomic mass is 10.2. The quantitative estimate of drug-likeness (QED) is 0.595. The number of hydrogen-bond acceptors (Lipinski definition) is 3. The smallest absolute Gasteiger partial charge is 0.149 e. The number of aromatic nitrogens is 1. The van der Waals surface area contributed by atoms with E-state index in [1.807, 2.05) is 50.2 Å². The van der Waals surface area contributed by atoms with Gasteiger partial charge in [-0.15, -0.1) is 0 Å². The summed E-state index contributed by atoms with van der Waals surface area (Å²) in [5.74, 6) is 2.60. The Morgan fingerprint density at radius 2 is 1.61 bits per heavy atom. The van der Waals surface area contributed by atoms with Gasteiger partial charge in [0.05, 0.1) is 11.2 Å². The number of pyridine rings is 1. The zero-order valence-electron chi connectivity index (χ0n) is 12.9. The zero-order valence-corrected chi connectivity index (χ0v) is 13.7. The van der Waals surface area contributed by atoms with Gasteiger partial charge in [-0.25, -0.2) is 0 Å². The summed E-state index contributed by atoms with van der Waals surface area (Å²) in [6.45, 7) is 3.95. The second-order valence-corrected chi connectivity index (χ2v) is 5.59. The Labute approximate surface area is 140 Å². The molecule has 0 unspecified atom stereocenters. The molecule has 0 atom stereocenters. The highest BCUT2D eigenvalue weighted by molar-refractivity contribution is 6.32. The van der Waals surface area contributed by atoms with Gasteiger partial charge in [0.25, 0.3) is 0 Å². The summed E-state index contributed by atoms with van der Waals surface area (Å²) in [6, 6.07) is 16.8. The highest BCUT2D eigenvalue weighted by atomic mass is 35.5. The molecule has 1 heterocycles. The Hall–Kier alpha value is -2.52. The highest BCUT2D eigenvalue weighted by Gasteiger charge is 2.08. The molecule has 2 aromatic carbocycles. The van der Waals surface area contributed by atoms with Crippen LogP contribution in [-0.2, 0) is 0 Å². The summed E-state index contributed by atoms with van der Waals surface area (Å²) < 4.78 is 11.6. The summed E-state index contributed by atoms with van der Waals surface area (Å²) in [5, 5.41) is 0.517. The van der Waals surface area contributed by atoms with Gasteiger partial charge in [0, 0.05) is 11.8 Å². The summed E-state index contributed by atoms with van der Waals surface area (Å²) in [5.41, 5.74) is 2.04. The van der Waals surface area contributed by atoms with Crippen molar-refractivity contribution in [1.29, 1.82) is 0 Å². The van der Waals surface area contributed by atoms with E-state index >= 15 is 0 Å². The number of ether oxygens (including phenoxy) is 2. The third kappa shape index (κ3) is 3.82. The lowest BCUT2D eigenvalue weighted by Gasteiger charge is -2.11. The predicted molar refractivity (Wildman–Crippen MR) is 91.8 cm³/mol. The molecule has 0 amide bonds. The van der Waals surface area contributed by atoms with Crippen LogP contribution in [0.5, 0.6) is 23.0 Å². The molecule has 0 aliphatic rings. The molecule has 3 rings (SSSR count). The largest absolute Gasteiger partial charge is 0.457 e. The lowest BCUT2D eigenvalue weighted by molar-refractivity contribution is 0.459.